The van der Waals surface area contributed by atoms with E-state index in [1.807, 2.05) is 6.92 Å². The molecule has 450 valence electrons. The summed E-state index contributed by atoms with van der Waals surface area (Å²) >= 11 is 0. The Morgan fingerprint density at radius 3 is 1.57 bits per heavy atom. The lowest BCUT2D eigenvalue weighted by Gasteiger charge is -2.45. The number of hydrogen-bond donors (Lipinski definition) is 9. The minimum atomic E-state index is -4.94. The van der Waals surface area contributed by atoms with E-state index in [0.717, 1.165) is 6.29 Å². The van der Waals surface area contributed by atoms with Gasteiger partial charge in [-0.25, -0.2) is 8.98 Å². The second-order valence-corrected chi connectivity index (χ2v) is 19.0. The SMILES string of the molecule is CC(COCCC(=O)NCCOCCOCCOCCC=O)COCCC(=O)NCCOCCOCCOCCC(=O)NCCCCCCOC1OC(C(=O)O)C(OC2OC(COS(=O)(=O)O)C(O)C(O)C2C)C(O)C1O. The molecular weight excluding hydrogens is 1050 g/mol. The van der Waals surface area contributed by atoms with Crippen molar-refractivity contribution in [2.45, 2.75) is 121 Å². The first-order valence-electron chi connectivity index (χ1n) is 26.0. The number of carboxylic acid groups (broad SMARTS) is 1. The topological polar surface area (TPSA) is 397 Å². The van der Waals surface area contributed by atoms with Crippen molar-refractivity contribution in [3.8, 4) is 0 Å². The first-order chi connectivity index (χ1) is 36.9. The fraction of sp³-hybridized carbons (Fsp3) is 0.894. The summed E-state index contributed by atoms with van der Waals surface area (Å²) in [6.45, 7) is 9.08. The van der Waals surface area contributed by atoms with Crippen LogP contribution in [0.1, 0.15) is 65.2 Å². The Kier molecular flexibility index (Phi) is 38.7. The Balaban J connectivity index is 1.37. The van der Waals surface area contributed by atoms with Crippen molar-refractivity contribution in [2.75, 3.05) is 139 Å². The van der Waals surface area contributed by atoms with Crippen LogP contribution < -0.4 is 16.0 Å². The number of carboxylic acids is 1. The summed E-state index contributed by atoms with van der Waals surface area (Å²) in [5.74, 6) is -3.03. The smallest absolute Gasteiger partial charge is 0.397 e. The number of aliphatic hydroxyl groups is 4. The normalized spacial score (nSPS) is 24.0. The molecule has 2 aliphatic rings. The quantitative estimate of drug-likeness (QED) is 0.0170. The molecule has 29 nitrogen and oxygen atoms in total. The van der Waals surface area contributed by atoms with Crippen LogP contribution in [0.2, 0.25) is 0 Å². The van der Waals surface area contributed by atoms with Gasteiger partial charge in [-0.05, 0) is 12.8 Å². The molecule has 0 radical (unpaired) electrons. The molecule has 9 N–H and O–H groups in total. The second-order valence-electron chi connectivity index (χ2n) is 17.9. The molecule has 11 unspecified atom stereocenters. The molecule has 2 aliphatic heterocycles. The number of unbranched alkanes of at least 4 members (excludes halogenated alkanes) is 3. The standard InChI is InChI=1S/C47H85N3O26S/c1-33(30-70-18-9-37(53)49-12-20-66-24-28-68-26-22-64-15-7-14-51)31-71-19-10-38(54)50-13-21-67-25-29-69-27-23-65-17-8-36(52)48-11-5-3-4-6-16-72-47-42(58)41(57)43(44(76-47)45(59)60)75-46-34(2)39(55)40(56)35(74-46)32-73-77(61,62)63/h14,33-35,39-44,46-47,55-58H,3-13,15-32H2,1-2H3,(H,48,52)(H,49,53)(H,50,54)(H,59,60)(H,61,62,63). The lowest BCUT2D eigenvalue weighted by atomic mass is 9.92. The monoisotopic (exact) mass is 1140 g/mol. The number of aliphatic hydroxyl groups excluding tert-OH is 4. The average molecular weight is 1140 g/mol. The largest absolute Gasteiger partial charge is 0.479 e. The molecule has 30 heteroatoms. The van der Waals surface area contributed by atoms with Crippen molar-refractivity contribution < 1.29 is 124 Å². The van der Waals surface area contributed by atoms with Gasteiger partial charge in [-0.3, -0.25) is 18.9 Å². The van der Waals surface area contributed by atoms with Crippen LogP contribution in [0.3, 0.4) is 0 Å². The number of carbonyl (C=O) groups excluding carboxylic acids is 4. The summed E-state index contributed by atoms with van der Waals surface area (Å²) in [5.41, 5.74) is 0. The summed E-state index contributed by atoms with van der Waals surface area (Å²) in [5, 5.41) is 60.4. The third-order valence-electron chi connectivity index (χ3n) is 11.4. The first kappa shape index (κ1) is 69.9. The van der Waals surface area contributed by atoms with Crippen molar-refractivity contribution in [1.29, 1.82) is 0 Å². The van der Waals surface area contributed by atoms with Crippen molar-refractivity contribution in [1.82, 2.24) is 16.0 Å². The Labute approximate surface area is 449 Å². The van der Waals surface area contributed by atoms with E-state index in [9.17, 15) is 57.9 Å². The van der Waals surface area contributed by atoms with Crippen LogP contribution in [0.4, 0.5) is 0 Å². The summed E-state index contributed by atoms with van der Waals surface area (Å²) in [6.07, 6.45) is -11.0. The van der Waals surface area contributed by atoms with Crippen LogP contribution in [0.25, 0.3) is 0 Å². The van der Waals surface area contributed by atoms with Gasteiger partial charge in [-0.2, -0.15) is 8.42 Å². The molecular formula is C47H85N3O26S. The Morgan fingerprint density at radius 2 is 1.05 bits per heavy atom. The van der Waals surface area contributed by atoms with E-state index in [2.05, 4.69) is 20.1 Å². The summed E-state index contributed by atoms with van der Waals surface area (Å²) in [4.78, 5) is 58.5. The zero-order valence-corrected chi connectivity index (χ0v) is 45.0. The number of nitrogens with one attached hydrogen (secondary N) is 3. The van der Waals surface area contributed by atoms with Gasteiger partial charge in [-0.15, -0.1) is 0 Å². The van der Waals surface area contributed by atoms with Gasteiger partial charge in [0, 0.05) is 63.8 Å². The lowest BCUT2D eigenvalue weighted by molar-refractivity contribution is -0.346. The van der Waals surface area contributed by atoms with Crippen molar-refractivity contribution in [3.05, 3.63) is 0 Å². The number of amides is 3. The number of carbonyl (C=O) groups is 5. The maximum Gasteiger partial charge on any atom is 0.397 e. The molecule has 0 aliphatic carbocycles. The van der Waals surface area contributed by atoms with Gasteiger partial charge in [0.25, 0.3) is 0 Å². The van der Waals surface area contributed by atoms with Gasteiger partial charge in [0.2, 0.25) is 17.7 Å². The average Bonchev–Trinajstić information content (AvgIpc) is 3.39. The van der Waals surface area contributed by atoms with E-state index in [-0.39, 0.29) is 75.9 Å². The fourth-order valence-corrected chi connectivity index (χ4v) is 7.43. The summed E-state index contributed by atoms with van der Waals surface area (Å²) < 4.78 is 101. The third-order valence-corrected chi connectivity index (χ3v) is 11.8. The molecule has 0 aromatic rings. The van der Waals surface area contributed by atoms with Crippen molar-refractivity contribution >= 4 is 40.4 Å². The van der Waals surface area contributed by atoms with Crippen LogP contribution >= 0.6 is 0 Å². The zero-order chi connectivity index (χ0) is 56.7. The van der Waals surface area contributed by atoms with E-state index in [1.165, 1.54) is 6.92 Å². The van der Waals surface area contributed by atoms with Crippen LogP contribution in [-0.4, -0.2) is 262 Å². The predicted molar refractivity (Wildman–Crippen MR) is 264 cm³/mol. The molecule has 0 aromatic carbocycles. The van der Waals surface area contributed by atoms with Gasteiger partial charge in [-0.1, -0.05) is 26.7 Å². The molecule has 11 atom stereocenters. The molecule has 3 amide bonds. The molecule has 0 aromatic heterocycles. The van der Waals surface area contributed by atoms with Crippen LogP contribution in [-0.2, 0) is 95.4 Å². The number of aldehydes is 1. The van der Waals surface area contributed by atoms with Crippen molar-refractivity contribution in [3.63, 3.8) is 0 Å². The third kappa shape index (κ3) is 33.2. The predicted octanol–water partition coefficient (Wildman–Crippen LogP) is -2.74. The van der Waals surface area contributed by atoms with E-state index in [1.54, 1.807) is 0 Å². The molecule has 0 saturated carbocycles. The maximum absolute atomic E-state index is 12.2. The number of rotatable bonds is 48. The van der Waals surface area contributed by atoms with Crippen molar-refractivity contribution in [2.24, 2.45) is 11.8 Å². The second kappa shape index (κ2) is 42.6. The highest BCUT2D eigenvalue weighted by Gasteiger charge is 2.52. The Bertz CT molecular complexity index is 1710. The molecule has 2 heterocycles. The highest BCUT2D eigenvalue weighted by atomic mass is 32.3. The Morgan fingerprint density at radius 1 is 0.571 bits per heavy atom. The molecule has 77 heavy (non-hydrogen) atoms. The Hall–Kier alpha value is -3.22. The van der Waals surface area contributed by atoms with Crippen LogP contribution in [0.15, 0.2) is 0 Å². The van der Waals surface area contributed by atoms with Crippen LogP contribution in [0, 0.1) is 11.8 Å². The minimum Gasteiger partial charge on any atom is -0.479 e. The van der Waals surface area contributed by atoms with Crippen LogP contribution in [0.5, 0.6) is 0 Å². The van der Waals surface area contributed by atoms with Gasteiger partial charge in [0.1, 0.15) is 36.8 Å². The minimum absolute atomic E-state index is 0.0301. The highest BCUT2D eigenvalue weighted by Crippen LogP contribution is 2.32. The van der Waals surface area contributed by atoms with E-state index in [4.69, 9.17) is 61.4 Å². The van der Waals surface area contributed by atoms with E-state index < -0.39 is 84.2 Å². The molecule has 2 fully saturated rings. The molecule has 2 rings (SSSR count). The van der Waals surface area contributed by atoms with Gasteiger partial charge < -0.3 is 103 Å². The van der Waals surface area contributed by atoms with E-state index >= 15 is 0 Å². The van der Waals surface area contributed by atoms with Gasteiger partial charge in [0.15, 0.2) is 18.7 Å². The molecule has 0 bridgehead atoms. The number of aliphatic carboxylic acids is 1. The molecule has 0 spiro atoms. The lowest BCUT2D eigenvalue weighted by Crippen LogP contribution is -2.64. The summed E-state index contributed by atoms with van der Waals surface area (Å²) in [6, 6.07) is 0. The highest BCUT2D eigenvalue weighted by molar-refractivity contribution is 7.80. The molecule has 2 saturated heterocycles. The first-order valence-corrected chi connectivity index (χ1v) is 27.3. The summed E-state index contributed by atoms with van der Waals surface area (Å²) in [7, 11) is -4.94. The van der Waals surface area contributed by atoms with E-state index in [0.29, 0.717) is 131 Å². The maximum atomic E-state index is 12.2. The number of hydrogen-bond acceptors (Lipinski definition) is 24. The van der Waals surface area contributed by atoms with Gasteiger partial charge in [0.05, 0.1) is 118 Å². The number of ether oxygens (including phenoxy) is 12. The van der Waals surface area contributed by atoms with Gasteiger partial charge >= 0.3 is 16.4 Å². The fourth-order valence-electron chi connectivity index (χ4n) is 7.12. The zero-order valence-electron chi connectivity index (χ0n) is 44.2.